The number of amides is 1. The van der Waals surface area contributed by atoms with Gasteiger partial charge in [-0.05, 0) is 91.9 Å². The van der Waals surface area contributed by atoms with Gasteiger partial charge in [0.15, 0.2) is 0 Å². The minimum atomic E-state index is -3.68. The summed E-state index contributed by atoms with van der Waals surface area (Å²) in [5.74, 6) is -0.247. The van der Waals surface area contributed by atoms with E-state index in [2.05, 4.69) is 5.32 Å². The maximum absolute atomic E-state index is 12.9. The Morgan fingerprint density at radius 1 is 0.900 bits per heavy atom. The lowest BCUT2D eigenvalue weighted by Gasteiger charge is -2.20. The second kappa shape index (κ2) is 8.93. The number of benzene rings is 3. The van der Waals surface area contributed by atoms with Crippen LogP contribution in [0.1, 0.15) is 21.5 Å². The summed E-state index contributed by atoms with van der Waals surface area (Å²) in [5.41, 5.74) is 3.91. The van der Waals surface area contributed by atoms with Gasteiger partial charge in [0.25, 0.3) is 15.9 Å². The van der Waals surface area contributed by atoms with Crippen LogP contribution in [0.3, 0.4) is 0 Å². The number of sulfonamides is 1. The van der Waals surface area contributed by atoms with E-state index in [9.17, 15) is 13.2 Å². The third-order valence-corrected chi connectivity index (χ3v) is 7.52. The van der Waals surface area contributed by atoms with Gasteiger partial charge in [-0.25, -0.2) is 8.42 Å². The van der Waals surface area contributed by atoms with Crippen molar-refractivity contribution < 1.29 is 13.2 Å². The smallest absolute Gasteiger partial charge is 0.264 e. The second-order valence-electron chi connectivity index (χ2n) is 6.95. The molecule has 0 saturated heterocycles. The van der Waals surface area contributed by atoms with Crippen LogP contribution in [0, 0.1) is 13.8 Å². The van der Waals surface area contributed by atoms with Crippen molar-refractivity contribution in [2.45, 2.75) is 23.6 Å². The molecule has 0 bridgehead atoms. The Hall–Kier alpha value is -2.77. The molecule has 0 aliphatic rings. The van der Waals surface area contributed by atoms with Crippen LogP contribution in [-0.2, 0) is 10.0 Å². The number of carbonyl (C=O) groups is 1. The summed E-state index contributed by atoms with van der Waals surface area (Å²) in [6, 6.07) is 19.0. The van der Waals surface area contributed by atoms with Crippen LogP contribution in [0.25, 0.3) is 0 Å². The molecule has 0 saturated carbocycles. The lowest BCUT2D eigenvalue weighted by Crippen LogP contribution is -2.26. The third-order valence-electron chi connectivity index (χ3n) is 4.98. The van der Waals surface area contributed by atoms with Gasteiger partial charge in [0, 0.05) is 23.2 Å². The summed E-state index contributed by atoms with van der Waals surface area (Å²) >= 11 is 1.55. The molecule has 0 heterocycles. The van der Waals surface area contributed by atoms with Crippen molar-refractivity contribution in [2.75, 3.05) is 22.9 Å². The first-order valence-electron chi connectivity index (χ1n) is 9.34. The van der Waals surface area contributed by atoms with Crippen molar-refractivity contribution in [1.82, 2.24) is 0 Å². The van der Waals surface area contributed by atoms with E-state index in [4.69, 9.17) is 0 Å². The molecular weight excluding hydrogens is 416 g/mol. The number of thioether (sulfide) groups is 1. The van der Waals surface area contributed by atoms with Crippen LogP contribution < -0.4 is 9.62 Å². The van der Waals surface area contributed by atoms with Gasteiger partial charge in [-0.2, -0.15) is 0 Å². The van der Waals surface area contributed by atoms with E-state index in [1.54, 1.807) is 60.3 Å². The predicted octanol–water partition coefficient (Wildman–Crippen LogP) is 5.10. The molecule has 1 N–H and O–H groups in total. The summed E-state index contributed by atoms with van der Waals surface area (Å²) in [5, 5.41) is 2.87. The maximum Gasteiger partial charge on any atom is 0.264 e. The number of hydrogen-bond acceptors (Lipinski definition) is 4. The average Bonchev–Trinajstić information content (AvgIpc) is 2.76. The molecule has 30 heavy (non-hydrogen) atoms. The SMILES string of the molecule is CSc1ccc(S(=O)(=O)N(C)c2ccc(C(=O)Nc3ccc(C)c(C)c3)cc2)cc1. The highest BCUT2D eigenvalue weighted by molar-refractivity contribution is 7.98. The minimum Gasteiger partial charge on any atom is -0.322 e. The lowest BCUT2D eigenvalue weighted by molar-refractivity contribution is 0.102. The molecule has 156 valence electrons. The number of anilines is 2. The fourth-order valence-corrected chi connectivity index (χ4v) is 4.49. The summed E-state index contributed by atoms with van der Waals surface area (Å²) in [6.07, 6.45) is 1.94. The Balaban J connectivity index is 1.76. The Morgan fingerprint density at radius 3 is 2.10 bits per heavy atom. The van der Waals surface area contributed by atoms with Gasteiger partial charge in [0.2, 0.25) is 0 Å². The molecule has 3 aromatic carbocycles. The molecule has 3 rings (SSSR count). The predicted molar refractivity (Wildman–Crippen MR) is 124 cm³/mol. The summed E-state index contributed by atoms with van der Waals surface area (Å²) in [6.45, 7) is 4.01. The maximum atomic E-state index is 12.9. The quantitative estimate of drug-likeness (QED) is 0.542. The Labute approximate surface area is 182 Å². The van der Waals surface area contributed by atoms with Crippen LogP contribution in [0.15, 0.2) is 76.5 Å². The number of nitrogens with one attached hydrogen (secondary N) is 1. The van der Waals surface area contributed by atoms with E-state index in [1.165, 1.54) is 11.4 Å². The van der Waals surface area contributed by atoms with Crippen molar-refractivity contribution >= 4 is 39.1 Å². The Morgan fingerprint density at radius 2 is 1.53 bits per heavy atom. The van der Waals surface area contributed by atoms with E-state index in [1.807, 2.05) is 38.3 Å². The molecule has 0 aliphatic carbocycles. The normalized spacial score (nSPS) is 11.2. The monoisotopic (exact) mass is 440 g/mol. The van der Waals surface area contributed by atoms with Gasteiger partial charge >= 0.3 is 0 Å². The van der Waals surface area contributed by atoms with Crippen LogP contribution in [0.4, 0.5) is 11.4 Å². The summed E-state index contributed by atoms with van der Waals surface area (Å²) in [7, 11) is -2.18. The van der Waals surface area contributed by atoms with Crippen molar-refractivity contribution in [3.05, 3.63) is 83.4 Å². The summed E-state index contributed by atoms with van der Waals surface area (Å²) < 4.78 is 27.0. The zero-order chi connectivity index (χ0) is 21.9. The number of nitrogens with zero attached hydrogens (tertiary/aromatic N) is 1. The van der Waals surface area contributed by atoms with Gasteiger partial charge in [-0.15, -0.1) is 11.8 Å². The molecule has 0 unspecified atom stereocenters. The molecule has 7 heteroatoms. The molecule has 5 nitrogen and oxygen atoms in total. The van der Waals surface area contributed by atoms with Gasteiger partial charge in [-0.1, -0.05) is 6.07 Å². The molecule has 1 amide bonds. The van der Waals surface area contributed by atoms with Crippen LogP contribution in [0.5, 0.6) is 0 Å². The van der Waals surface area contributed by atoms with Crippen LogP contribution in [-0.4, -0.2) is 27.6 Å². The highest BCUT2D eigenvalue weighted by Gasteiger charge is 2.21. The molecule has 3 aromatic rings. The second-order valence-corrected chi connectivity index (χ2v) is 9.80. The molecule has 0 radical (unpaired) electrons. The molecule has 0 aromatic heterocycles. The zero-order valence-electron chi connectivity index (χ0n) is 17.3. The van der Waals surface area contributed by atoms with Gasteiger partial charge < -0.3 is 5.32 Å². The number of aryl methyl sites for hydroxylation is 2. The van der Waals surface area contributed by atoms with Crippen molar-refractivity contribution in [1.29, 1.82) is 0 Å². The molecule has 0 fully saturated rings. The van der Waals surface area contributed by atoms with Gasteiger partial charge in [-0.3, -0.25) is 9.10 Å². The van der Waals surface area contributed by atoms with Crippen molar-refractivity contribution in [2.24, 2.45) is 0 Å². The first kappa shape index (κ1) is 21.9. The number of rotatable bonds is 6. The summed E-state index contributed by atoms with van der Waals surface area (Å²) in [4.78, 5) is 13.7. The molecule has 0 atom stereocenters. The first-order chi connectivity index (χ1) is 14.2. The Kier molecular flexibility index (Phi) is 6.53. The molecule has 0 aliphatic heterocycles. The van der Waals surface area contributed by atoms with E-state index < -0.39 is 10.0 Å². The fraction of sp³-hybridized carbons (Fsp3) is 0.174. The highest BCUT2D eigenvalue weighted by Crippen LogP contribution is 2.25. The van der Waals surface area contributed by atoms with Gasteiger partial charge in [0.05, 0.1) is 10.6 Å². The topological polar surface area (TPSA) is 66.5 Å². The van der Waals surface area contributed by atoms with E-state index in [0.29, 0.717) is 11.3 Å². The number of carbonyl (C=O) groups excluding carboxylic acids is 1. The fourth-order valence-electron chi connectivity index (χ4n) is 2.89. The van der Waals surface area contributed by atoms with Gasteiger partial charge in [0.1, 0.15) is 0 Å². The van der Waals surface area contributed by atoms with E-state index >= 15 is 0 Å². The van der Waals surface area contributed by atoms with E-state index in [0.717, 1.165) is 21.7 Å². The minimum absolute atomic E-state index is 0.222. The lowest BCUT2D eigenvalue weighted by atomic mass is 10.1. The molecule has 0 spiro atoms. The van der Waals surface area contributed by atoms with Crippen LogP contribution >= 0.6 is 11.8 Å². The van der Waals surface area contributed by atoms with Crippen LogP contribution in [0.2, 0.25) is 0 Å². The van der Waals surface area contributed by atoms with E-state index in [-0.39, 0.29) is 10.8 Å². The molecular formula is C23H24N2O3S2. The first-order valence-corrected chi connectivity index (χ1v) is 12.0. The number of hydrogen-bond donors (Lipinski definition) is 1. The standard InChI is InChI=1S/C23H24N2O3S2/c1-16-5-8-19(15-17(16)2)24-23(26)18-6-9-20(10-7-18)25(3)30(27,28)22-13-11-21(29-4)12-14-22/h5-15H,1-4H3,(H,24,26). The average molecular weight is 441 g/mol. The zero-order valence-corrected chi connectivity index (χ0v) is 19.0. The van der Waals surface area contributed by atoms with Crippen molar-refractivity contribution in [3.63, 3.8) is 0 Å². The van der Waals surface area contributed by atoms with Crippen molar-refractivity contribution in [3.8, 4) is 0 Å². The third kappa shape index (κ3) is 4.68. The highest BCUT2D eigenvalue weighted by atomic mass is 32.2. The largest absolute Gasteiger partial charge is 0.322 e. The Bertz CT molecular complexity index is 1160.